The largest absolute Gasteiger partial charge is 0.465 e. The second-order valence-electron chi connectivity index (χ2n) is 2.73. The molecule has 0 spiro atoms. The molecule has 0 aromatic heterocycles. The maximum Gasteiger partial charge on any atom is 0.339 e. The maximum absolute atomic E-state index is 11.4. The Balaban J connectivity index is 3.14. The van der Waals surface area contributed by atoms with Crippen LogP contribution in [0.3, 0.4) is 0 Å². The molecule has 76 valence electrons. The first kappa shape index (κ1) is 11.1. The van der Waals surface area contributed by atoms with Crippen LogP contribution in [-0.2, 0) is 11.3 Å². The van der Waals surface area contributed by atoms with Gasteiger partial charge in [0.05, 0.1) is 12.7 Å². The van der Waals surface area contributed by atoms with E-state index in [0.717, 1.165) is 10.5 Å². The number of esters is 1. The molecule has 1 aromatic rings. The fourth-order valence-corrected chi connectivity index (χ4v) is 1.72. The standard InChI is InChI=1S/C10H13NO2S/c1-13-10(12)8-5-7(6-11)3-4-9(8)14-2/h3-5H,6,11H2,1-2H3. The zero-order valence-corrected chi connectivity index (χ0v) is 9.06. The number of benzene rings is 1. The molecule has 0 fully saturated rings. The summed E-state index contributed by atoms with van der Waals surface area (Å²) in [6.07, 6.45) is 1.92. The highest BCUT2D eigenvalue weighted by molar-refractivity contribution is 7.98. The number of thioether (sulfide) groups is 1. The van der Waals surface area contributed by atoms with Crippen LogP contribution in [0.15, 0.2) is 23.1 Å². The first-order chi connectivity index (χ1) is 6.72. The van der Waals surface area contributed by atoms with Crippen molar-refractivity contribution in [3.63, 3.8) is 0 Å². The summed E-state index contributed by atoms with van der Waals surface area (Å²) in [5, 5.41) is 0. The van der Waals surface area contributed by atoms with Crippen LogP contribution in [0.5, 0.6) is 0 Å². The van der Waals surface area contributed by atoms with Gasteiger partial charge in [-0.3, -0.25) is 0 Å². The van der Waals surface area contributed by atoms with E-state index >= 15 is 0 Å². The molecule has 0 amide bonds. The predicted octanol–water partition coefficient (Wildman–Crippen LogP) is 1.65. The van der Waals surface area contributed by atoms with Gasteiger partial charge in [-0.15, -0.1) is 11.8 Å². The van der Waals surface area contributed by atoms with Crippen LogP contribution in [0.1, 0.15) is 15.9 Å². The molecule has 0 saturated heterocycles. The first-order valence-corrected chi connectivity index (χ1v) is 5.40. The monoisotopic (exact) mass is 211 g/mol. The van der Waals surface area contributed by atoms with Gasteiger partial charge >= 0.3 is 5.97 Å². The Morgan fingerprint density at radius 3 is 2.79 bits per heavy atom. The third kappa shape index (κ3) is 2.27. The Labute approximate surface area is 87.6 Å². The van der Waals surface area contributed by atoms with Crippen LogP contribution in [-0.4, -0.2) is 19.3 Å². The van der Waals surface area contributed by atoms with Crippen molar-refractivity contribution in [1.82, 2.24) is 0 Å². The summed E-state index contributed by atoms with van der Waals surface area (Å²) >= 11 is 1.52. The van der Waals surface area contributed by atoms with Gasteiger partial charge in [0.2, 0.25) is 0 Å². The highest BCUT2D eigenvalue weighted by atomic mass is 32.2. The first-order valence-electron chi connectivity index (χ1n) is 4.18. The van der Waals surface area contributed by atoms with Crippen LogP contribution >= 0.6 is 11.8 Å². The molecule has 0 heterocycles. The summed E-state index contributed by atoms with van der Waals surface area (Å²) < 4.78 is 4.69. The molecule has 4 heteroatoms. The molecule has 3 nitrogen and oxygen atoms in total. The molecule has 0 aliphatic rings. The molecule has 14 heavy (non-hydrogen) atoms. The Kier molecular flexibility index (Phi) is 3.98. The molecular formula is C10H13NO2S. The number of rotatable bonds is 3. The molecule has 0 saturated carbocycles. The molecule has 0 radical (unpaired) electrons. The minimum Gasteiger partial charge on any atom is -0.465 e. The van der Waals surface area contributed by atoms with Crippen molar-refractivity contribution in [3.05, 3.63) is 29.3 Å². The number of nitrogens with two attached hydrogens (primary N) is 1. The quantitative estimate of drug-likeness (QED) is 0.610. The van der Waals surface area contributed by atoms with Gasteiger partial charge in [-0.05, 0) is 24.0 Å². The number of carbonyl (C=O) groups excluding carboxylic acids is 1. The highest BCUT2D eigenvalue weighted by Gasteiger charge is 2.11. The van der Waals surface area contributed by atoms with Crippen molar-refractivity contribution in [1.29, 1.82) is 0 Å². The second kappa shape index (κ2) is 5.02. The summed E-state index contributed by atoms with van der Waals surface area (Å²) in [6.45, 7) is 0.429. The number of carbonyl (C=O) groups is 1. The van der Waals surface area contributed by atoms with Crippen LogP contribution in [0, 0.1) is 0 Å². The average molecular weight is 211 g/mol. The lowest BCUT2D eigenvalue weighted by atomic mass is 10.1. The zero-order valence-electron chi connectivity index (χ0n) is 8.24. The number of methoxy groups -OCH3 is 1. The lowest BCUT2D eigenvalue weighted by Crippen LogP contribution is -2.05. The van der Waals surface area contributed by atoms with Gasteiger partial charge in [0.1, 0.15) is 0 Å². The number of ether oxygens (including phenoxy) is 1. The third-order valence-electron chi connectivity index (χ3n) is 1.90. The summed E-state index contributed by atoms with van der Waals surface area (Å²) in [5.74, 6) is -0.315. The molecule has 0 aliphatic heterocycles. The molecule has 1 aromatic carbocycles. The van der Waals surface area contributed by atoms with Crippen molar-refractivity contribution in [3.8, 4) is 0 Å². The van der Waals surface area contributed by atoms with Gasteiger partial charge in [0, 0.05) is 11.4 Å². The maximum atomic E-state index is 11.4. The van der Waals surface area contributed by atoms with Gasteiger partial charge in [0.25, 0.3) is 0 Å². The summed E-state index contributed by atoms with van der Waals surface area (Å²) in [4.78, 5) is 12.3. The van der Waals surface area contributed by atoms with Crippen LogP contribution in [0.2, 0.25) is 0 Å². The lowest BCUT2D eigenvalue weighted by Gasteiger charge is -2.06. The summed E-state index contributed by atoms with van der Waals surface area (Å²) in [7, 11) is 1.38. The molecule has 0 unspecified atom stereocenters. The molecule has 1 rings (SSSR count). The van der Waals surface area contributed by atoms with E-state index in [2.05, 4.69) is 4.74 Å². The Hall–Kier alpha value is -1.00. The van der Waals surface area contributed by atoms with E-state index in [1.54, 1.807) is 6.07 Å². The van der Waals surface area contributed by atoms with Crippen molar-refractivity contribution in [2.45, 2.75) is 11.4 Å². The SMILES string of the molecule is COC(=O)c1cc(CN)ccc1SC. The molecule has 0 atom stereocenters. The minimum atomic E-state index is -0.315. The van der Waals surface area contributed by atoms with Crippen LogP contribution in [0.25, 0.3) is 0 Å². The second-order valence-corrected chi connectivity index (χ2v) is 3.58. The Bertz CT molecular complexity index is 339. The van der Waals surface area contributed by atoms with E-state index in [4.69, 9.17) is 5.73 Å². The smallest absolute Gasteiger partial charge is 0.339 e. The van der Waals surface area contributed by atoms with Crippen LogP contribution in [0.4, 0.5) is 0 Å². The van der Waals surface area contributed by atoms with Gasteiger partial charge < -0.3 is 10.5 Å². The summed E-state index contributed by atoms with van der Waals surface area (Å²) in [5.41, 5.74) is 7.01. The highest BCUT2D eigenvalue weighted by Crippen LogP contribution is 2.22. The summed E-state index contributed by atoms with van der Waals surface area (Å²) in [6, 6.07) is 5.58. The van der Waals surface area contributed by atoms with Crippen molar-refractivity contribution >= 4 is 17.7 Å². The molecule has 0 bridgehead atoms. The normalized spacial score (nSPS) is 9.93. The number of hydrogen-bond donors (Lipinski definition) is 1. The van der Waals surface area contributed by atoms with Crippen molar-refractivity contribution < 1.29 is 9.53 Å². The van der Waals surface area contributed by atoms with Gasteiger partial charge in [-0.25, -0.2) is 4.79 Å². The third-order valence-corrected chi connectivity index (χ3v) is 2.70. The number of hydrogen-bond acceptors (Lipinski definition) is 4. The van der Waals surface area contributed by atoms with Gasteiger partial charge in [-0.1, -0.05) is 6.07 Å². The fourth-order valence-electron chi connectivity index (χ4n) is 1.15. The topological polar surface area (TPSA) is 52.3 Å². The predicted molar refractivity (Wildman–Crippen MR) is 57.5 cm³/mol. The van der Waals surface area contributed by atoms with Crippen molar-refractivity contribution in [2.24, 2.45) is 5.73 Å². The van der Waals surface area contributed by atoms with E-state index in [-0.39, 0.29) is 5.97 Å². The van der Waals surface area contributed by atoms with E-state index in [9.17, 15) is 4.79 Å². The lowest BCUT2D eigenvalue weighted by molar-refractivity contribution is 0.0596. The molecule has 0 aliphatic carbocycles. The fraction of sp³-hybridized carbons (Fsp3) is 0.300. The average Bonchev–Trinajstić information content (AvgIpc) is 2.27. The molecule has 2 N–H and O–H groups in total. The van der Waals surface area contributed by atoms with E-state index in [1.165, 1.54) is 18.9 Å². The Morgan fingerprint density at radius 1 is 1.57 bits per heavy atom. The van der Waals surface area contributed by atoms with Crippen LogP contribution < -0.4 is 5.73 Å². The molecular weight excluding hydrogens is 198 g/mol. The van der Waals surface area contributed by atoms with Gasteiger partial charge in [0.15, 0.2) is 0 Å². The van der Waals surface area contributed by atoms with E-state index in [1.807, 2.05) is 18.4 Å². The van der Waals surface area contributed by atoms with Gasteiger partial charge in [-0.2, -0.15) is 0 Å². The van der Waals surface area contributed by atoms with E-state index < -0.39 is 0 Å². The van der Waals surface area contributed by atoms with Crippen molar-refractivity contribution in [2.75, 3.05) is 13.4 Å². The Morgan fingerprint density at radius 2 is 2.29 bits per heavy atom. The van der Waals surface area contributed by atoms with E-state index in [0.29, 0.717) is 12.1 Å². The zero-order chi connectivity index (χ0) is 10.6. The minimum absolute atomic E-state index is 0.315.